The summed E-state index contributed by atoms with van der Waals surface area (Å²) < 4.78 is 37.1. The molecule has 2 rings (SSSR count). The molecule has 0 amide bonds. The van der Waals surface area contributed by atoms with E-state index in [0.717, 1.165) is 5.56 Å². The number of nitrogens with zero attached hydrogens (tertiary/aromatic N) is 1. The Morgan fingerprint density at radius 1 is 1.37 bits per heavy atom. The van der Waals surface area contributed by atoms with Crippen molar-refractivity contribution in [2.24, 2.45) is 0 Å². The van der Waals surface area contributed by atoms with Crippen LogP contribution in [0.5, 0.6) is 0 Å². The molecule has 19 heavy (non-hydrogen) atoms. The third kappa shape index (κ3) is 2.67. The number of sulfonamides is 1. The van der Waals surface area contributed by atoms with Crippen LogP contribution in [0.15, 0.2) is 29.2 Å². The highest BCUT2D eigenvalue weighted by molar-refractivity contribution is 7.89. The quantitative estimate of drug-likeness (QED) is 0.845. The summed E-state index contributed by atoms with van der Waals surface area (Å²) >= 11 is 0. The first-order chi connectivity index (χ1) is 9.00. The highest BCUT2D eigenvalue weighted by Gasteiger charge is 2.42. The lowest BCUT2D eigenvalue weighted by atomic mass is 10.2. The summed E-state index contributed by atoms with van der Waals surface area (Å²) in [7, 11) is -2.15. The Hall–Kier alpha value is -0.950. The molecule has 0 radical (unpaired) electrons. The molecular weight excluding hydrogens is 266 g/mol. The fourth-order valence-corrected chi connectivity index (χ4v) is 3.82. The molecule has 0 saturated carbocycles. The Morgan fingerprint density at radius 3 is 2.53 bits per heavy atom. The number of aryl methyl sites for hydroxylation is 1. The molecule has 0 unspecified atom stereocenters. The van der Waals surface area contributed by atoms with E-state index in [1.165, 1.54) is 11.4 Å². The van der Waals surface area contributed by atoms with Gasteiger partial charge in [0.05, 0.1) is 17.5 Å². The number of benzene rings is 1. The van der Waals surface area contributed by atoms with Gasteiger partial charge in [-0.2, -0.15) is 0 Å². The fraction of sp³-hybridized carbons (Fsp3) is 0.538. The van der Waals surface area contributed by atoms with Crippen LogP contribution in [0.2, 0.25) is 0 Å². The third-order valence-corrected chi connectivity index (χ3v) is 5.16. The zero-order valence-corrected chi connectivity index (χ0v) is 12.2. The molecule has 0 bridgehead atoms. The van der Waals surface area contributed by atoms with Crippen LogP contribution in [-0.2, 0) is 19.5 Å². The molecule has 2 atom stereocenters. The SMILES string of the molecule is CC[C@@H]1CO[C@@H](OC)N1S(=O)(=O)c1ccc(C)cc1. The van der Waals surface area contributed by atoms with Crippen molar-refractivity contribution >= 4 is 10.0 Å². The van der Waals surface area contributed by atoms with Gasteiger partial charge in [-0.15, -0.1) is 4.31 Å². The first kappa shape index (κ1) is 14.5. The van der Waals surface area contributed by atoms with E-state index in [4.69, 9.17) is 9.47 Å². The van der Waals surface area contributed by atoms with E-state index in [9.17, 15) is 8.42 Å². The van der Waals surface area contributed by atoms with Crippen molar-refractivity contribution in [2.75, 3.05) is 13.7 Å². The Kier molecular flexibility index (Phi) is 4.25. The smallest absolute Gasteiger partial charge is 0.247 e. The van der Waals surface area contributed by atoms with Gasteiger partial charge in [-0.05, 0) is 25.5 Å². The second-order valence-electron chi connectivity index (χ2n) is 4.59. The summed E-state index contributed by atoms with van der Waals surface area (Å²) in [5.74, 6) is 0. The van der Waals surface area contributed by atoms with Gasteiger partial charge in [0.2, 0.25) is 16.4 Å². The number of hydrogen-bond donors (Lipinski definition) is 0. The molecule has 1 fully saturated rings. The van der Waals surface area contributed by atoms with E-state index in [0.29, 0.717) is 13.0 Å². The molecule has 1 aromatic rings. The molecule has 6 heteroatoms. The minimum atomic E-state index is -3.59. The third-order valence-electron chi connectivity index (χ3n) is 3.27. The summed E-state index contributed by atoms with van der Waals surface area (Å²) in [6.07, 6.45) is -0.151. The number of methoxy groups -OCH3 is 1. The number of rotatable bonds is 4. The van der Waals surface area contributed by atoms with Gasteiger partial charge < -0.3 is 9.47 Å². The van der Waals surface area contributed by atoms with Gasteiger partial charge in [0.1, 0.15) is 0 Å². The van der Waals surface area contributed by atoms with Crippen molar-refractivity contribution in [3.8, 4) is 0 Å². The predicted octanol–water partition coefficient (Wildman–Crippen LogP) is 1.72. The summed E-state index contributed by atoms with van der Waals surface area (Å²) in [4.78, 5) is 0.268. The van der Waals surface area contributed by atoms with Crippen LogP contribution >= 0.6 is 0 Å². The van der Waals surface area contributed by atoms with Crippen molar-refractivity contribution in [3.05, 3.63) is 29.8 Å². The van der Waals surface area contributed by atoms with E-state index in [1.54, 1.807) is 24.3 Å². The second-order valence-corrected chi connectivity index (χ2v) is 6.43. The van der Waals surface area contributed by atoms with E-state index in [2.05, 4.69) is 0 Å². The minimum Gasteiger partial charge on any atom is -0.342 e. The largest absolute Gasteiger partial charge is 0.342 e. The van der Waals surface area contributed by atoms with E-state index >= 15 is 0 Å². The Labute approximate surface area is 114 Å². The maximum absolute atomic E-state index is 12.7. The Balaban J connectivity index is 2.39. The van der Waals surface area contributed by atoms with Gasteiger partial charge in [-0.25, -0.2) is 8.42 Å². The average molecular weight is 285 g/mol. The lowest BCUT2D eigenvalue weighted by molar-refractivity contribution is -0.133. The highest BCUT2D eigenvalue weighted by Crippen LogP contribution is 2.28. The molecule has 1 aromatic carbocycles. The van der Waals surface area contributed by atoms with Gasteiger partial charge in [0, 0.05) is 7.11 Å². The normalized spacial score (nSPS) is 24.8. The minimum absolute atomic E-state index is 0.184. The van der Waals surface area contributed by atoms with Gasteiger partial charge in [-0.3, -0.25) is 0 Å². The molecule has 1 heterocycles. The molecule has 106 valence electrons. The average Bonchev–Trinajstić information content (AvgIpc) is 2.82. The molecule has 0 N–H and O–H groups in total. The number of hydrogen-bond acceptors (Lipinski definition) is 4. The van der Waals surface area contributed by atoms with Crippen molar-refractivity contribution in [1.29, 1.82) is 0 Å². The Morgan fingerprint density at radius 2 is 2.00 bits per heavy atom. The lowest BCUT2D eigenvalue weighted by Gasteiger charge is -2.25. The van der Waals surface area contributed by atoms with Gasteiger partial charge in [-0.1, -0.05) is 24.6 Å². The Bertz CT molecular complexity index is 514. The molecule has 1 saturated heterocycles. The summed E-state index contributed by atoms with van der Waals surface area (Å²) in [5, 5.41) is 0. The van der Waals surface area contributed by atoms with Gasteiger partial charge in [0.15, 0.2) is 0 Å². The first-order valence-electron chi connectivity index (χ1n) is 6.25. The standard InChI is InChI=1S/C13H19NO4S/c1-4-11-9-18-13(17-3)14(11)19(15,16)12-7-5-10(2)6-8-12/h5-8,11,13H,4,9H2,1-3H3/t11-,13-/m1/s1. The molecule has 0 aromatic heterocycles. The van der Waals surface area contributed by atoms with E-state index < -0.39 is 16.4 Å². The van der Waals surface area contributed by atoms with Crippen molar-refractivity contribution in [1.82, 2.24) is 4.31 Å². The van der Waals surface area contributed by atoms with E-state index in [-0.39, 0.29) is 10.9 Å². The maximum Gasteiger partial charge on any atom is 0.247 e. The molecular formula is C13H19NO4S. The number of ether oxygens (including phenoxy) is 2. The fourth-order valence-electron chi connectivity index (χ4n) is 2.12. The van der Waals surface area contributed by atoms with Crippen LogP contribution in [0, 0.1) is 6.92 Å². The zero-order valence-electron chi connectivity index (χ0n) is 11.4. The maximum atomic E-state index is 12.7. The van der Waals surface area contributed by atoms with Crippen LogP contribution < -0.4 is 0 Å². The van der Waals surface area contributed by atoms with Gasteiger partial charge in [0.25, 0.3) is 0 Å². The molecule has 1 aliphatic rings. The van der Waals surface area contributed by atoms with E-state index in [1.807, 2.05) is 13.8 Å². The molecule has 0 spiro atoms. The second kappa shape index (κ2) is 5.58. The zero-order chi connectivity index (χ0) is 14.0. The van der Waals surface area contributed by atoms with Crippen LogP contribution in [0.4, 0.5) is 0 Å². The van der Waals surface area contributed by atoms with Crippen LogP contribution in [0.3, 0.4) is 0 Å². The molecule has 5 nitrogen and oxygen atoms in total. The highest BCUT2D eigenvalue weighted by atomic mass is 32.2. The van der Waals surface area contributed by atoms with Crippen LogP contribution in [-0.4, -0.2) is 38.9 Å². The lowest BCUT2D eigenvalue weighted by Crippen LogP contribution is -2.42. The topological polar surface area (TPSA) is 55.8 Å². The van der Waals surface area contributed by atoms with Crippen LogP contribution in [0.1, 0.15) is 18.9 Å². The molecule has 0 aliphatic carbocycles. The summed E-state index contributed by atoms with van der Waals surface area (Å²) in [6, 6.07) is 6.61. The molecule has 1 aliphatic heterocycles. The summed E-state index contributed by atoms with van der Waals surface area (Å²) in [5.41, 5.74) is 1.02. The van der Waals surface area contributed by atoms with Crippen molar-refractivity contribution in [2.45, 2.75) is 37.6 Å². The monoisotopic (exact) mass is 285 g/mol. The predicted molar refractivity (Wildman–Crippen MR) is 71.0 cm³/mol. The van der Waals surface area contributed by atoms with Crippen molar-refractivity contribution in [3.63, 3.8) is 0 Å². The van der Waals surface area contributed by atoms with Crippen molar-refractivity contribution < 1.29 is 17.9 Å². The summed E-state index contributed by atoms with van der Waals surface area (Å²) in [6.45, 7) is 4.21. The van der Waals surface area contributed by atoms with Gasteiger partial charge >= 0.3 is 0 Å². The first-order valence-corrected chi connectivity index (χ1v) is 7.69. The van der Waals surface area contributed by atoms with Crippen LogP contribution in [0.25, 0.3) is 0 Å².